The zero-order valence-electron chi connectivity index (χ0n) is 11.9. The van der Waals surface area contributed by atoms with Crippen LogP contribution in [-0.4, -0.2) is 21.5 Å². The average Bonchev–Trinajstić information content (AvgIpc) is 2.40. The number of benzene rings is 1. The summed E-state index contributed by atoms with van der Waals surface area (Å²) < 4.78 is 129. The lowest BCUT2D eigenvalue weighted by molar-refractivity contribution is -0.149. The van der Waals surface area contributed by atoms with Gasteiger partial charge in [0.25, 0.3) is 0 Å². The summed E-state index contributed by atoms with van der Waals surface area (Å²) in [4.78, 5) is 0. The fourth-order valence-corrected chi connectivity index (χ4v) is 1.63. The van der Waals surface area contributed by atoms with Crippen molar-refractivity contribution in [3.05, 3.63) is 28.8 Å². The van der Waals surface area contributed by atoms with Gasteiger partial charge in [0.2, 0.25) is 0 Å². The van der Waals surface area contributed by atoms with Crippen molar-refractivity contribution in [1.29, 1.82) is 0 Å². The summed E-state index contributed by atoms with van der Waals surface area (Å²) in [5, 5.41) is 0. The SMILES string of the molecule is COB(OC)Oc1c(C(F)(F)F)cc(C(F)(F)F)cc1C(F)(F)F. The molecule has 13 heteroatoms. The van der Waals surface area contributed by atoms with Gasteiger partial charge in [0.15, 0.2) is 0 Å². The maximum Gasteiger partial charge on any atom is 0.712 e. The van der Waals surface area contributed by atoms with E-state index in [0.717, 1.165) is 14.2 Å². The monoisotopic (exact) mass is 370 g/mol. The van der Waals surface area contributed by atoms with Crippen molar-refractivity contribution in [1.82, 2.24) is 0 Å². The number of alkyl halides is 9. The summed E-state index contributed by atoms with van der Waals surface area (Å²) in [6.45, 7) is 0. The second-order valence-electron chi connectivity index (χ2n) is 4.27. The molecule has 0 aliphatic rings. The van der Waals surface area contributed by atoms with Crippen LogP contribution in [0.4, 0.5) is 39.5 Å². The van der Waals surface area contributed by atoms with Crippen LogP contribution in [0.5, 0.6) is 5.75 Å². The van der Waals surface area contributed by atoms with Crippen LogP contribution < -0.4 is 4.65 Å². The third-order valence-corrected chi connectivity index (χ3v) is 2.63. The molecule has 136 valence electrons. The minimum atomic E-state index is -5.55. The normalized spacial score (nSPS) is 13.1. The summed E-state index contributed by atoms with van der Waals surface area (Å²) in [7, 11) is -0.304. The van der Waals surface area contributed by atoms with Crippen molar-refractivity contribution in [3.63, 3.8) is 0 Å². The highest BCUT2D eigenvalue weighted by atomic mass is 19.4. The Balaban J connectivity index is 3.74. The van der Waals surface area contributed by atoms with Gasteiger partial charge in [-0.15, -0.1) is 0 Å². The van der Waals surface area contributed by atoms with Crippen molar-refractivity contribution < 1.29 is 53.5 Å². The van der Waals surface area contributed by atoms with E-state index in [9.17, 15) is 39.5 Å². The van der Waals surface area contributed by atoms with Crippen LogP contribution in [0.15, 0.2) is 12.1 Å². The van der Waals surface area contributed by atoms with Crippen molar-refractivity contribution in [2.24, 2.45) is 0 Å². The summed E-state index contributed by atoms with van der Waals surface area (Å²) in [6.07, 6.45) is -16.5. The van der Waals surface area contributed by atoms with Crippen molar-refractivity contribution in [2.45, 2.75) is 18.5 Å². The molecule has 0 aromatic heterocycles. The maximum absolute atomic E-state index is 12.9. The van der Waals surface area contributed by atoms with E-state index in [0.29, 0.717) is 0 Å². The van der Waals surface area contributed by atoms with Gasteiger partial charge in [0, 0.05) is 14.2 Å². The molecule has 0 heterocycles. The number of halogens is 9. The van der Waals surface area contributed by atoms with E-state index in [2.05, 4.69) is 14.0 Å². The zero-order chi connectivity index (χ0) is 18.9. The van der Waals surface area contributed by atoms with E-state index >= 15 is 0 Å². The van der Waals surface area contributed by atoms with Gasteiger partial charge in [-0.3, -0.25) is 0 Å². The highest BCUT2D eigenvalue weighted by Crippen LogP contribution is 2.47. The average molecular weight is 370 g/mol. The molecule has 0 saturated carbocycles. The van der Waals surface area contributed by atoms with Crippen LogP contribution in [-0.2, 0) is 27.8 Å². The lowest BCUT2D eigenvalue weighted by Gasteiger charge is -2.22. The fraction of sp³-hybridized carbons (Fsp3) is 0.455. The zero-order valence-corrected chi connectivity index (χ0v) is 11.9. The second-order valence-corrected chi connectivity index (χ2v) is 4.27. The van der Waals surface area contributed by atoms with Crippen molar-refractivity contribution in [2.75, 3.05) is 14.2 Å². The molecule has 0 amide bonds. The van der Waals surface area contributed by atoms with Crippen molar-refractivity contribution >= 4 is 7.32 Å². The van der Waals surface area contributed by atoms with E-state index < -0.39 is 60.4 Å². The third-order valence-electron chi connectivity index (χ3n) is 2.63. The predicted molar refractivity (Wildman–Crippen MR) is 61.8 cm³/mol. The van der Waals surface area contributed by atoms with Crippen LogP contribution in [0.25, 0.3) is 0 Å². The predicted octanol–water partition coefficient (Wildman–Crippen LogP) is 4.40. The summed E-state index contributed by atoms with van der Waals surface area (Å²) >= 11 is 0. The molecule has 0 fully saturated rings. The standard InChI is InChI=1S/C11H8BF9O3/c1-22-12(23-2)24-8-6(10(16,17)18)3-5(9(13,14)15)4-7(8)11(19,20)21/h3-4H,1-2H3. The molecule has 3 nitrogen and oxygen atoms in total. The van der Waals surface area contributed by atoms with Gasteiger partial charge in [-0.25, -0.2) is 0 Å². The van der Waals surface area contributed by atoms with E-state index in [1.807, 2.05) is 0 Å². The third kappa shape index (κ3) is 4.69. The lowest BCUT2D eigenvalue weighted by Crippen LogP contribution is -2.30. The molecule has 0 atom stereocenters. The lowest BCUT2D eigenvalue weighted by atomic mass is 10.0. The molecule has 0 unspecified atom stereocenters. The first-order valence-corrected chi connectivity index (χ1v) is 5.83. The molecule has 0 aliphatic heterocycles. The second kappa shape index (κ2) is 6.71. The van der Waals surface area contributed by atoms with E-state index in [-0.39, 0.29) is 0 Å². The Morgan fingerprint density at radius 1 is 0.708 bits per heavy atom. The molecule has 1 rings (SSSR count). The van der Waals surface area contributed by atoms with Crippen LogP contribution >= 0.6 is 0 Å². The first-order valence-electron chi connectivity index (χ1n) is 5.83. The maximum atomic E-state index is 12.9. The molecule has 0 radical (unpaired) electrons. The molecule has 1 aromatic rings. The van der Waals surface area contributed by atoms with Crippen LogP contribution in [0.1, 0.15) is 16.7 Å². The Bertz CT molecular complexity index is 541. The first kappa shape index (κ1) is 20.4. The molecule has 0 bridgehead atoms. The van der Waals surface area contributed by atoms with Gasteiger partial charge in [0.1, 0.15) is 5.75 Å². The minimum Gasteiger partial charge on any atom is -0.511 e. The highest BCUT2D eigenvalue weighted by Gasteiger charge is 2.46. The van der Waals surface area contributed by atoms with Gasteiger partial charge in [-0.2, -0.15) is 39.5 Å². The van der Waals surface area contributed by atoms with E-state index in [1.165, 1.54) is 0 Å². The van der Waals surface area contributed by atoms with Crippen molar-refractivity contribution in [3.8, 4) is 5.75 Å². The van der Waals surface area contributed by atoms with E-state index in [4.69, 9.17) is 0 Å². The van der Waals surface area contributed by atoms with Crippen LogP contribution in [0.3, 0.4) is 0 Å². The largest absolute Gasteiger partial charge is 0.712 e. The molecular weight excluding hydrogens is 362 g/mol. The molecule has 0 saturated heterocycles. The Morgan fingerprint density at radius 3 is 1.33 bits per heavy atom. The number of hydrogen-bond donors (Lipinski definition) is 0. The molecule has 0 N–H and O–H groups in total. The number of rotatable bonds is 4. The number of hydrogen-bond acceptors (Lipinski definition) is 3. The van der Waals surface area contributed by atoms with Gasteiger partial charge >= 0.3 is 25.9 Å². The van der Waals surface area contributed by atoms with Crippen LogP contribution in [0.2, 0.25) is 0 Å². The first-order chi connectivity index (χ1) is 10.7. The van der Waals surface area contributed by atoms with Gasteiger partial charge in [0.05, 0.1) is 16.7 Å². The molecular formula is C11H8BF9O3. The smallest absolute Gasteiger partial charge is 0.511 e. The molecule has 0 aliphatic carbocycles. The Kier molecular flexibility index (Phi) is 5.71. The Hall–Kier alpha value is -1.63. The quantitative estimate of drug-likeness (QED) is 0.581. The molecule has 24 heavy (non-hydrogen) atoms. The Labute approximate surface area is 129 Å². The summed E-state index contributed by atoms with van der Waals surface area (Å²) in [6, 6.07) is -0.958. The summed E-state index contributed by atoms with van der Waals surface area (Å²) in [5.74, 6) is -1.88. The van der Waals surface area contributed by atoms with E-state index in [1.54, 1.807) is 0 Å². The minimum absolute atomic E-state index is 0.479. The molecule has 1 aromatic carbocycles. The van der Waals surface area contributed by atoms with Gasteiger partial charge < -0.3 is 14.0 Å². The van der Waals surface area contributed by atoms with Crippen LogP contribution in [0, 0.1) is 0 Å². The summed E-state index contributed by atoms with van der Waals surface area (Å²) in [5.41, 5.74) is -6.65. The fourth-order valence-electron chi connectivity index (χ4n) is 1.63. The molecule has 0 spiro atoms. The highest BCUT2D eigenvalue weighted by molar-refractivity contribution is 6.37. The Morgan fingerprint density at radius 2 is 1.08 bits per heavy atom. The van der Waals surface area contributed by atoms with Gasteiger partial charge in [-0.05, 0) is 12.1 Å². The van der Waals surface area contributed by atoms with Gasteiger partial charge in [-0.1, -0.05) is 0 Å². The topological polar surface area (TPSA) is 27.7 Å².